The first-order chi connectivity index (χ1) is 9.43. The normalized spacial score (nSPS) is 29.4. The van der Waals surface area contributed by atoms with Crippen LogP contribution < -0.4 is 0 Å². The fourth-order valence-electron chi connectivity index (χ4n) is 3.57. The Labute approximate surface area is 125 Å². The van der Waals surface area contributed by atoms with E-state index in [0.717, 1.165) is 38.0 Å². The molecule has 5 heteroatoms. The number of carboxylic acid groups (broad SMARTS) is 1. The summed E-state index contributed by atoms with van der Waals surface area (Å²) in [4.78, 5) is 25.7. The van der Waals surface area contributed by atoms with E-state index in [0.29, 0.717) is 11.7 Å². The van der Waals surface area contributed by atoms with Crippen LogP contribution in [-0.2, 0) is 9.59 Å². The maximum Gasteiger partial charge on any atom is 0.303 e. The minimum Gasteiger partial charge on any atom is -0.481 e. The van der Waals surface area contributed by atoms with Gasteiger partial charge in [-0.25, -0.2) is 0 Å². The highest BCUT2D eigenvalue weighted by Gasteiger charge is 2.40. The van der Waals surface area contributed by atoms with Gasteiger partial charge in [-0.05, 0) is 25.2 Å². The smallest absolute Gasteiger partial charge is 0.303 e. The summed E-state index contributed by atoms with van der Waals surface area (Å²) in [6.07, 6.45) is 4.45. The Morgan fingerprint density at radius 2 is 1.90 bits per heavy atom. The molecule has 2 rings (SSSR count). The van der Waals surface area contributed by atoms with Crippen molar-refractivity contribution in [1.29, 1.82) is 0 Å². The van der Waals surface area contributed by atoms with E-state index >= 15 is 0 Å². The first-order valence-corrected chi connectivity index (χ1v) is 8.61. The predicted octanol–water partition coefficient (Wildman–Crippen LogP) is 2.76. The molecule has 0 aromatic heterocycles. The third-order valence-electron chi connectivity index (χ3n) is 4.92. The number of rotatable bonds is 4. The number of carbonyl (C=O) groups is 2. The number of carboxylic acids is 1. The molecule has 2 unspecified atom stereocenters. The van der Waals surface area contributed by atoms with Crippen molar-refractivity contribution in [2.75, 3.05) is 12.3 Å². The molecule has 2 atom stereocenters. The molecule has 1 saturated carbocycles. The Balaban J connectivity index is 2.03. The second-order valence-electron chi connectivity index (χ2n) is 6.36. The van der Waals surface area contributed by atoms with Crippen LogP contribution in [0.3, 0.4) is 0 Å². The summed E-state index contributed by atoms with van der Waals surface area (Å²) >= 11 is 1.91. The number of hydrogen-bond donors (Lipinski definition) is 1. The van der Waals surface area contributed by atoms with Gasteiger partial charge in [0, 0.05) is 30.0 Å². The zero-order valence-electron chi connectivity index (χ0n) is 12.4. The number of aliphatic carboxylic acids is 1. The zero-order valence-corrected chi connectivity index (χ0v) is 13.2. The molecular weight excluding hydrogens is 274 g/mol. The van der Waals surface area contributed by atoms with Crippen molar-refractivity contribution in [2.45, 2.75) is 63.7 Å². The Hall–Kier alpha value is -0.710. The molecule has 0 bridgehead atoms. The molecule has 114 valence electrons. The Morgan fingerprint density at radius 1 is 1.25 bits per heavy atom. The van der Waals surface area contributed by atoms with E-state index in [2.05, 4.69) is 13.8 Å². The van der Waals surface area contributed by atoms with Gasteiger partial charge < -0.3 is 10.0 Å². The molecule has 1 aliphatic heterocycles. The van der Waals surface area contributed by atoms with Gasteiger partial charge in [0.05, 0.1) is 6.42 Å². The summed E-state index contributed by atoms with van der Waals surface area (Å²) in [5, 5.41) is 9.59. The monoisotopic (exact) mass is 299 g/mol. The molecule has 1 N–H and O–H groups in total. The number of amides is 1. The van der Waals surface area contributed by atoms with Crippen LogP contribution >= 0.6 is 11.8 Å². The molecular formula is C15H25NO3S. The molecule has 0 aromatic rings. The Morgan fingerprint density at radius 3 is 2.50 bits per heavy atom. The van der Waals surface area contributed by atoms with Gasteiger partial charge in [-0.2, -0.15) is 11.8 Å². The van der Waals surface area contributed by atoms with Gasteiger partial charge in [-0.3, -0.25) is 9.59 Å². The predicted molar refractivity (Wildman–Crippen MR) is 80.9 cm³/mol. The molecule has 2 aliphatic rings. The van der Waals surface area contributed by atoms with Crippen LogP contribution in [0.2, 0.25) is 0 Å². The van der Waals surface area contributed by atoms with Gasteiger partial charge in [0.25, 0.3) is 0 Å². The van der Waals surface area contributed by atoms with E-state index in [4.69, 9.17) is 5.11 Å². The van der Waals surface area contributed by atoms with Gasteiger partial charge in [0.15, 0.2) is 0 Å². The average Bonchev–Trinajstić information content (AvgIpc) is 2.79. The lowest BCUT2D eigenvalue weighted by atomic mass is 9.79. The third-order valence-corrected chi connectivity index (χ3v) is 6.26. The summed E-state index contributed by atoms with van der Waals surface area (Å²) in [6, 6.07) is 0.254. The Bertz CT molecular complexity index is 379. The number of thioether (sulfide) groups is 1. The fraction of sp³-hybridized carbons (Fsp3) is 0.867. The molecule has 0 radical (unpaired) electrons. The molecule has 0 spiro atoms. The first-order valence-electron chi connectivity index (χ1n) is 7.56. The van der Waals surface area contributed by atoms with Crippen LogP contribution in [-0.4, -0.2) is 45.5 Å². The largest absolute Gasteiger partial charge is 0.481 e. The average molecular weight is 299 g/mol. The van der Waals surface area contributed by atoms with Crippen molar-refractivity contribution < 1.29 is 14.7 Å². The number of nitrogens with zero attached hydrogens (tertiary/aromatic N) is 1. The SMILES string of the molecule is CC1SCCN(C(=O)CC2(CC(=O)O)CCCC2)C1C. The second-order valence-corrected chi connectivity index (χ2v) is 7.84. The highest BCUT2D eigenvalue weighted by Crippen LogP contribution is 2.44. The molecule has 0 aromatic carbocycles. The van der Waals surface area contributed by atoms with Gasteiger partial charge in [-0.15, -0.1) is 0 Å². The maximum absolute atomic E-state index is 12.6. The summed E-state index contributed by atoms with van der Waals surface area (Å²) in [5.41, 5.74) is -0.281. The van der Waals surface area contributed by atoms with Crippen LogP contribution in [0.4, 0.5) is 0 Å². The molecule has 2 fully saturated rings. The molecule has 1 heterocycles. The van der Waals surface area contributed by atoms with Crippen LogP contribution in [0.25, 0.3) is 0 Å². The molecule has 1 aliphatic carbocycles. The highest BCUT2D eigenvalue weighted by molar-refractivity contribution is 8.00. The first kappa shape index (κ1) is 15.7. The lowest BCUT2D eigenvalue weighted by Gasteiger charge is -2.39. The van der Waals surface area contributed by atoms with E-state index in [1.54, 1.807) is 0 Å². The van der Waals surface area contributed by atoms with Crippen LogP contribution in [0.1, 0.15) is 52.4 Å². The zero-order chi connectivity index (χ0) is 14.8. The quantitative estimate of drug-likeness (QED) is 0.867. The summed E-state index contributed by atoms with van der Waals surface area (Å²) in [5.74, 6) is 0.381. The number of hydrogen-bond acceptors (Lipinski definition) is 3. The van der Waals surface area contributed by atoms with Crippen molar-refractivity contribution >= 4 is 23.6 Å². The van der Waals surface area contributed by atoms with E-state index in [9.17, 15) is 9.59 Å². The van der Waals surface area contributed by atoms with Crippen molar-refractivity contribution in [1.82, 2.24) is 4.90 Å². The highest BCUT2D eigenvalue weighted by atomic mass is 32.2. The third kappa shape index (κ3) is 3.48. The number of carbonyl (C=O) groups excluding carboxylic acids is 1. The lowest BCUT2D eigenvalue weighted by Crippen LogP contribution is -2.49. The molecule has 1 saturated heterocycles. The minimum absolute atomic E-state index is 0.144. The lowest BCUT2D eigenvalue weighted by molar-refractivity contribution is -0.142. The topological polar surface area (TPSA) is 57.6 Å². The molecule has 1 amide bonds. The summed E-state index contributed by atoms with van der Waals surface area (Å²) in [7, 11) is 0. The van der Waals surface area contributed by atoms with Crippen LogP contribution in [0.15, 0.2) is 0 Å². The van der Waals surface area contributed by atoms with E-state index in [1.807, 2.05) is 16.7 Å². The van der Waals surface area contributed by atoms with Crippen LogP contribution in [0.5, 0.6) is 0 Å². The van der Waals surface area contributed by atoms with Crippen molar-refractivity contribution in [3.8, 4) is 0 Å². The van der Waals surface area contributed by atoms with Gasteiger partial charge in [0.2, 0.25) is 5.91 Å². The van der Waals surface area contributed by atoms with Crippen molar-refractivity contribution in [2.24, 2.45) is 5.41 Å². The van der Waals surface area contributed by atoms with E-state index in [1.165, 1.54) is 0 Å². The van der Waals surface area contributed by atoms with Crippen LogP contribution in [0, 0.1) is 5.41 Å². The van der Waals surface area contributed by atoms with Gasteiger partial charge in [0.1, 0.15) is 0 Å². The van der Waals surface area contributed by atoms with Crippen molar-refractivity contribution in [3.05, 3.63) is 0 Å². The van der Waals surface area contributed by atoms with E-state index < -0.39 is 5.97 Å². The van der Waals surface area contributed by atoms with Gasteiger partial charge in [-0.1, -0.05) is 19.8 Å². The Kier molecular flexibility index (Phi) is 4.99. The molecule has 4 nitrogen and oxygen atoms in total. The fourth-order valence-corrected chi connectivity index (χ4v) is 4.67. The summed E-state index contributed by atoms with van der Waals surface area (Å²) in [6.45, 7) is 5.07. The molecule has 20 heavy (non-hydrogen) atoms. The van der Waals surface area contributed by atoms with Gasteiger partial charge >= 0.3 is 5.97 Å². The van der Waals surface area contributed by atoms with E-state index in [-0.39, 0.29) is 23.8 Å². The standard InChI is InChI=1S/C15H25NO3S/c1-11-12(2)20-8-7-16(11)13(17)9-15(10-14(18)19)5-3-4-6-15/h11-12H,3-10H2,1-2H3,(H,18,19). The maximum atomic E-state index is 12.6. The second kappa shape index (κ2) is 6.37. The summed E-state index contributed by atoms with van der Waals surface area (Å²) < 4.78 is 0. The minimum atomic E-state index is -0.768. The van der Waals surface area contributed by atoms with Crippen molar-refractivity contribution in [3.63, 3.8) is 0 Å².